The van der Waals surface area contributed by atoms with E-state index in [1.165, 1.54) is 0 Å². The highest BCUT2D eigenvalue weighted by molar-refractivity contribution is 5.43. The van der Waals surface area contributed by atoms with Crippen LogP contribution in [0.4, 0.5) is 5.82 Å². The number of nitrogens with zero attached hydrogens (tertiary/aromatic N) is 3. The molecule has 0 spiro atoms. The topological polar surface area (TPSA) is 49.2 Å². The molecule has 1 aromatic rings. The Bertz CT molecular complexity index is 381. The average Bonchev–Trinajstić information content (AvgIpc) is 2.26. The smallest absolute Gasteiger partial charge is 0.150 e. The lowest BCUT2D eigenvalue weighted by atomic mass is 9.96. The van der Waals surface area contributed by atoms with Crippen LogP contribution < -0.4 is 4.90 Å². The molecule has 2 unspecified atom stereocenters. The fraction of sp³-hybridized carbons (Fsp3) is 0.667. The number of aliphatic hydroxyl groups is 1. The lowest BCUT2D eigenvalue weighted by Crippen LogP contribution is -2.43. The molecule has 0 aromatic carbocycles. The zero-order chi connectivity index (χ0) is 11.7. The summed E-state index contributed by atoms with van der Waals surface area (Å²) in [7, 11) is 0. The van der Waals surface area contributed by atoms with Gasteiger partial charge in [-0.3, -0.25) is 4.98 Å². The molecule has 4 nitrogen and oxygen atoms in total. The minimum Gasteiger partial charge on any atom is -0.391 e. The van der Waals surface area contributed by atoms with Gasteiger partial charge in [0.2, 0.25) is 0 Å². The molecule has 0 saturated carbocycles. The number of aryl methyl sites for hydroxylation is 2. The Morgan fingerprint density at radius 2 is 2.19 bits per heavy atom. The zero-order valence-corrected chi connectivity index (χ0v) is 10.1. The molecule has 1 saturated heterocycles. The second-order valence-corrected chi connectivity index (χ2v) is 4.70. The first-order valence-electron chi connectivity index (χ1n) is 5.81. The van der Waals surface area contributed by atoms with E-state index in [1.807, 2.05) is 13.8 Å². The summed E-state index contributed by atoms with van der Waals surface area (Å²) in [5.74, 6) is 1.31. The van der Waals surface area contributed by atoms with Gasteiger partial charge in [-0.15, -0.1) is 0 Å². The fourth-order valence-corrected chi connectivity index (χ4v) is 2.07. The van der Waals surface area contributed by atoms with Gasteiger partial charge in [0.15, 0.2) is 0 Å². The number of hydrogen-bond acceptors (Lipinski definition) is 4. The monoisotopic (exact) mass is 221 g/mol. The van der Waals surface area contributed by atoms with Gasteiger partial charge in [-0.05, 0) is 26.2 Å². The molecule has 1 N–H and O–H groups in total. The highest BCUT2D eigenvalue weighted by Crippen LogP contribution is 2.23. The molecule has 2 heterocycles. The van der Waals surface area contributed by atoms with Crippen LogP contribution in [-0.4, -0.2) is 34.3 Å². The molecule has 0 bridgehead atoms. The summed E-state index contributed by atoms with van der Waals surface area (Å²) in [5, 5.41) is 9.88. The number of anilines is 1. The summed E-state index contributed by atoms with van der Waals surface area (Å²) in [6.45, 7) is 7.62. The van der Waals surface area contributed by atoms with Gasteiger partial charge in [0.05, 0.1) is 17.5 Å². The van der Waals surface area contributed by atoms with Crippen molar-refractivity contribution < 1.29 is 5.11 Å². The van der Waals surface area contributed by atoms with Crippen LogP contribution in [0.5, 0.6) is 0 Å². The Kier molecular flexibility index (Phi) is 3.10. The van der Waals surface area contributed by atoms with E-state index in [-0.39, 0.29) is 6.10 Å². The first-order chi connectivity index (χ1) is 7.58. The van der Waals surface area contributed by atoms with Crippen LogP contribution in [0.1, 0.15) is 24.7 Å². The van der Waals surface area contributed by atoms with E-state index in [4.69, 9.17) is 0 Å². The molecule has 1 aliphatic rings. The molecule has 16 heavy (non-hydrogen) atoms. The number of rotatable bonds is 1. The maximum absolute atomic E-state index is 9.88. The summed E-state index contributed by atoms with van der Waals surface area (Å²) in [6, 6.07) is 0. The third-order valence-corrected chi connectivity index (χ3v) is 3.27. The van der Waals surface area contributed by atoms with Crippen LogP contribution in [0.3, 0.4) is 0 Å². The van der Waals surface area contributed by atoms with Gasteiger partial charge in [-0.1, -0.05) is 6.92 Å². The van der Waals surface area contributed by atoms with Crippen molar-refractivity contribution in [3.63, 3.8) is 0 Å². The zero-order valence-electron chi connectivity index (χ0n) is 10.1. The minimum absolute atomic E-state index is 0.254. The van der Waals surface area contributed by atoms with Crippen molar-refractivity contribution >= 4 is 5.82 Å². The molecule has 1 aliphatic heterocycles. The standard InChI is InChI=1S/C12H19N3O/c1-8-4-5-15(7-11(8)16)12-10(3)13-6-9(2)14-12/h6,8,11,16H,4-5,7H2,1-3H3. The molecule has 1 aromatic heterocycles. The third-order valence-electron chi connectivity index (χ3n) is 3.27. The van der Waals surface area contributed by atoms with Gasteiger partial charge in [-0.2, -0.15) is 0 Å². The van der Waals surface area contributed by atoms with Crippen LogP contribution in [0.15, 0.2) is 6.20 Å². The van der Waals surface area contributed by atoms with Crippen molar-refractivity contribution in [1.82, 2.24) is 9.97 Å². The van der Waals surface area contributed by atoms with Crippen LogP contribution in [0.25, 0.3) is 0 Å². The second kappa shape index (κ2) is 4.37. The van der Waals surface area contributed by atoms with Gasteiger partial charge in [0.25, 0.3) is 0 Å². The van der Waals surface area contributed by atoms with Crippen molar-refractivity contribution in [2.45, 2.75) is 33.3 Å². The second-order valence-electron chi connectivity index (χ2n) is 4.70. The Morgan fingerprint density at radius 1 is 1.44 bits per heavy atom. The Morgan fingerprint density at radius 3 is 2.88 bits per heavy atom. The van der Waals surface area contributed by atoms with Crippen LogP contribution in [0.2, 0.25) is 0 Å². The molecule has 4 heteroatoms. The summed E-state index contributed by atoms with van der Waals surface area (Å²) in [6.07, 6.45) is 2.54. The number of aromatic nitrogens is 2. The van der Waals surface area contributed by atoms with Crippen molar-refractivity contribution in [1.29, 1.82) is 0 Å². The van der Waals surface area contributed by atoms with Gasteiger partial charge in [0, 0.05) is 19.3 Å². The van der Waals surface area contributed by atoms with Crippen molar-refractivity contribution in [3.05, 3.63) is 17.6 Å². The van der Waals surface area contributed by atoms with E-state index in [2.05, 4.69) is 21.8 Å². The predicted octanol–water partition coefficient (Wildman–Crippen LogP) is 1.30. The van der Waals surface area contributed by atoms with Crippen molar-refractivity contribution in [2.75, 3.05) is 18.0 Å². The maximum atomic E-state index is 9.88. The van der Waals surface area contributed by atoms with Crippen LogP contribution >= 0.6 is 0 Å². The van der Waals surface area contributed by atoms with E-state index in [0.717, 1.165) is 30.2 Å². The van der Waals surface area contributed by atoms with Gasteiger partial charge < -0.3 is 10.0 Å². The third kappa shape index (κ3) is 2.16. The van der Waals surface area contributed by atoms with Crippen LogP contribution in [-0.2, 0) is 0 Å². The minimum atomic E-state index is -0.254. The maximum Gasteiger partial charge on any atom is 0.150 e. The number of hydrogen-bond donors (Lipinski definition) is 1. The van der Waals surface area contributed by atoms with Gasteiger partial charge in [0.1, 0.15) is 5.82 Å². The Balaban J connectivity index is 2.21. The lowest BCUT2D eigenvalue weighted by molar-refractivity contribution is 0.102. The van der Waals surface area contributed by atoms with Gasteiger partial charge in [-0.25, -0.2) is 4.98 Å². The number of aliphatic hydroxyl groups excluding tert-OH is 1. The summed E-state index contributed by atoms with van der Waals surface area (Å²) >= 11 is 0. The highest BCUT2D eigenvalue weighted by Gasteiger charge is 2.26. The fourth-order valence-electron chi connectivity index (χ4n) is 2.07. The SMILES string of the molecule is Cc1cnc(C)c(N2CCC(C)C(O)C2)n1. The van der Waals surface area contributed by atoms with Crippen molar-refractivity contribution in [2.24, 2.45) is 5.92 Å². The molecular formula is C12H19N3O. The molecule has 2 rings (SSSR count). The first kappa shape index (κ1) is 11.3. The largest absolute Gasteiger partial charge is 0.391 e. The van der Waals surface area contributed by atoms with E-state index in [0.29, 0.717) is 12.5 Å². The summed E-state index contributed by atoms with van der Waals surface area (Å²) in [4.78, 5) is 11.0. The summed E-state index contributed by atoms with van der Waals surface area (Å²) in [5.41, 5.74) is 1.86. The average molecular weight is 221 g/mol. The summed E-state index contributed by atoms with van der Waals surface area (Å²) < 4.78 is 0. The number of piperidine rings is 1. The molecule has 0 radical (unpaired) electrons. The molecular weight excluding hydrogens is 202 g/mol. The van der Waals surface area contributed by atoms with E-state index >= 15 is 0 Å². The Labute approximate surface area is 96.3 Å². The molecule has 0 amide bonds. The van der Waals surface area contributed by atoms with E-state index in [9.17, 15) is 5.11 Å². The predicted molar refractivity (Wildman–Crippen MR) is 63.5 cm³/mol. The highest BCUT2D eigenvalue weighted by atomic mass is 16.3. The number of β-amino-alcohol motifs (C(OH)–C–C–N with tert-alkyl or cyclic N) is 1. The van der Waals surface area contributed by atoms with Gasteiger partial charge >= 0.3 is 0 Å². The first-order valence-corrected chi connectivity index (χ1v) is 5.81. The van der Waals surface area contributed by atoms with Crippen molar-refractivity contribution in [3.8, 4) is 0 Å². The normalized spacial score (nSPS) is 25.9. The molecule has 2 atom stereocenters. The van der Waals surface area contributed by atoms with E-state index < -0.39 is 0 Å². The van der Waals surface area contributed by atoms with Crippen LogP contribution in [0, 0.1) is 19.8 Å². The molecule has 0 aliphatic carbocycles. The van der Waals surface area contributed by atoms with E-state index in [1.54, 1.807) is 6.20 Å². The quantitative estimate of drug-likeness (QED) is 0.776. The Hall–Kier alpha value is -1.16. The molecule has 88 valence electrons. The molecule has 1 fully saturated rings. The lowest BCUT2D eigenvalue weighted by Gasteiger charge is -2.35.